The average molecular weight is 432 g/mol. The monoisotopic (exact) mass is 431 g/mol. The van der Waals surface area contributed by atoms with Crippen LogP contribution in [0.25, 0.3) is 4.96 Å². The Morgan fingerprint density at radius 3 is 2.39 bits per heavy atom. The Bertz CT molecular complexity index is 1220. The Balaban J connectivity index is 1.41. The maximum Gasteiger partial charge on any atom is 0.271 e. The number of nitrogens with zero attached hydrogens (tertiary/aromatic N) is 3. The van der Waals surface area contributed by atoms with Crippen LogP contribution in [-0.4, -0.2) is 33.8 Å². The summed E-state index contributed by atoms with van der Waals surface area (Å²) < 4.78 is 1.50. The maximum absolute atomic E-state index is 12.9. The van der Waals surface area contributed by atoms with Gasteiger partial charge in [-0.2, -0.15) is 0 Å². The first-order valence-electron chi connectivity index (χ1n) is 10.5. The normalized spacial score (nSPS) is 11.0. The van der Waals surface area contributed by atoms with Gasteiger partial charge in [0.05, 0.1) is 0 Å². The predicted molar refractivity (Wildman–Crippen MR) is 125 cm³/mol. The summed E-state index contributed by atoms with van der Waals surface area (Å²) in [5.74, 6) is -0.276. The van der Waals surface area contributed by atoms with Crippen LogP contribution in [0.15, 0.2) is 77.9 Å². The third kappa shape index (κ3) is 5.09. The van der Waals surface area contributed by atoms with Gasteiger partial charge in [-0.3, -0.25) is 14.0 Å². The molecule has 4 rings (SSSR count). The van der Waals surface area contributed by atoms with Crippen molar-refractivity contribution in [3.05, 3.63) is 105 Å². The van der Waals surface area contributed by atoms with Gasteiger partial charge in [0, 0.05) is 37.3 Å². The van der Waals surface area contributed by atoms with Crippen molar-refractivity contribution in [2.75, 3.05) is 13.6 Å². The highest BCUT2D eigenvalue weighted by Crippen LogP contribution is 2.18. The standard InChI is InChI=1S/C25H25N3O2S/c1-27(15-9-8-12-19-10-4-2-5-11-19)23(29)22-17-26-25-28(24(22)30)18-21(31-25)16-20-13-6-3-7-14-20/h2-7,10-11,13-14,17-18H,8-9,12,15-16H2,1H3. The molecule has 0 radical (unpaired) electrons. The lowest BCUT2D eigenvalue weighted by atomic mass is 10.1. The number of unbranched alkanes of at least 4 members (excludes halogenated alkanes) is 1. The van der Waals surface area contributed by atoms with E-state index in [4.69, 9.17) is 0 Å². The molecule has 0 fully saturated rings. The number of amides is 1. The molecule has 0 N–H and O–H groups in total. The van der Waals surface area contributed by atoms with E-state index in [1.54, 1.807) is 18.1 Å². The fraction of sp³-hybridized carbons (Fsp3) is 0.240. The van der Waals surface area contributed by atoms with Crippen LogP contribution in [0, 0.1) is 0 Å². The van der Waals surface area contributed by atoms with E-state index in [9.17, 15) is 9.59 Å². The van der Waals surface area contributed by atoms with Crippen molar-refractivity contribution in [3.8, 4) is 0 Å². The molecule has 0 saturated heterocycles. The Hall–Kier alpha value is -3.25. The van der Waals surface area contributed by atoms with Gasteiger partial charge in [0.15, 0.2) is 4.96 Å². The summed E-state index contributed by atoms with van der Waals surface area (Å²) in [7, 11) is 1.74. The number of hydrogen-bond acceptors (Lipinski definition) is 4. The average Bonchev–Trinajstić information content (AvgIpc) is 3.21. The summed E-state index contributed by atoms with van der Waals surface area (Å²) in [4.78, 5) is 33.4. The Kier molecular flexibility index (Phi) is 6.57. The van der Waals surface area contributed by atoms with Crippen LogP contribution in [0.1, 0.15) is 39.2 Å². The van der Waals surface area contributed by atoms with E-state index < -0.39 is 0 Å². The molecule has 0 bridgehead atoms. The molecule has 4 aromatic rings. The van der Waals surface area contributed by atoms with E-state index in [0.717, 1.165) is 30.6 Å². The van der Waals surface area contributed by atoms with Crippen molar-refractivity contribution < 1.29 is 4.79 Å². The zero-order valence-corrected chi connectivity index (χ0v) is 18.3. The molecule has 0 aliphatic rings. The van der Waals surface area contributed by atoms with Gasteiger partial charge in [0.2, 0.25) is 0 Å². The summed E-state index contributed by atoms with van der Waals surface area (Å²) in [5, 5.41) is 0. The highest BCUT2D eigenvalue weighted by molar-refractivity contribution is 7.17. The van der Waals surface area contributed by atoms with Crippen molar-refractivity contribution in [2.24, 2.45) is 0 Å². The molecule has 0 atom stereocenters. The quantitative estimate of drug-likeness (QED) is 0.388. The van der Waals surface area contributed by atoms with Crippen molar-refractivity contribution in [3.63, 3.8) is 0 Å². The van der Waals surface area contributed by atoms with Gasteiger partial charge >= 0.3 is 0 Å². The van der Waals surface area contributed by atoms with Gasteiger partial charge in [0.25, 0.3) is 11.5 Å². The highest BCUT2D eigenvalue weighted by Gasteiger charge is 2.18. The molecule has 0 spiro atoms. The van der Waals surface area contributed by atoms with Gasteiger partial charge in [-0.15, -0.1) is 11.3 Å². The molecule has 2 heterocycles. The zero-order valence-electron chi connectivity index (χ0n) is 17.5. The summed E-state index contributed by atoms with van der Waals surface area (Å²) in [6.07, 6.45) is 6.82. The Morgan fingerprint density at radius 2 is 1.68 bits per heavy atom. The van der Waals surface area contributed by atoms with Crippen LogP contribution in [0.3, 0.4) is 0 Å². The minimum absolute atomic E-state index is 0.118. The first kappa shape index (κ1) is 21.0. The number of aryl methyl sites for hydroxylation is 1. The number of benzene rings is 2. The van der Waals surface area contributed by atoms with E-state index in [2.05, 4.69) is 29.2 Å². The minimum atomic E-state index is -0.304. The number of carbonyl (C=O) groups is 1. The molecule has 2 aromatic carbocycles. The summed E-state index contributed by atoms with van der Waals surface area (Å²) in [5.41, 5.74) is 2.29. The lowest BCUT2D eigenvalue weighted by molar-refractivity contribution is 0.0790. The molecular weight excluding hydrogens is 406 g/mol. The Labute approximate surface area is 185 Å². The molecule has 0 unspecified atom stereocenters. The van der Waals surface area contributed by atoms with Crippen molar-refractivity contribution in [1.29, 1.82) is 0 Å². The predicted octanol–water partition coefficient (Wildman–Crippen LogP) is 4.44. The molecule has 6 heteroatoms. The third-order valence-electron chi connectivity index (χ3n) is 5.30. The summed E-state index contributed by atoms with van der Waals surface area (Å²) in [6.45, 7) is 0.608. The van der Waals surface area contributed by atoms with Gasteiger partial charge in [-0.1, -0.05) is 60.7 Å². The van der Waals surface area contributed by atoms with E-state index in [-0.39, 0.29) is 17.0 Å². The smallest absolute Gasteiger partial charge is 0.271 e. The van der Waals surface area contributed by atoms with E-state index in [1.165, 1.54) is 33.1 Å². The van der Waals surface area contributed by atoms with Crippen molar-refractivity contribution in [1.82, 2.24) is 14.3 Å². The lowest BCUT2D eigenvalue weighted by Gasteiger charge is -2.16. The third-order valence-corrected chi connectivity index (χ3v) is 6.30. The van der Waals surface area contributed by atoms with Crippen molar-refractivity contribution >= 4 is 22.2 Å². The molecule has 158 valence electrons. The van der Waals surface area contributed by atoms with Crippen LogP contribution in [0.5, 0.6) is 0 Å². The van der Waals surface area contributed by atoms with Gasteiger partial charge < -0.3 is 4.90 Å². The van der Waals surface area contributed by atoms with Crippen LogP contribution in [0.4, 0.5) is 0 Å². The molecule has 31 heavy (non-hydrogen) atoms. The first-order chi connectivity index (χ1) is 15.1. The lowest BCUT2D eigenvalue weighted by Crippen LogP contribution is -2.33. The van der Waals surface area contributed by atoms with Gasteiger partial charge in [-0.05, 0) is 30.4 Å². The molecule has 0 aliphatic heterocycles. The van der Waals surface area contributed by atoms with E-state index >= 15 is 0 Å². The van der Waals surface area contributed by atoms with Crippen LogP contribution >= 0.6 is 11.3 Å². The molecule has 0 saturated carbocycles. The number of hydrogen-bond donors (Lipinski definition) is 0. The fourth-order valence-corrected chi connectivity index (χ4v) is 4.56. The zero-order chi connectivity index (χ0) is 21.6. The number of rotatable bonds is 8. The first-order valence-corrected chi connectivity index (χ1v) is 11.3. The van der Waals surface area contributed by atoms with E-state index in [0.29, 0.717) is 11.5 Å². The second-order valence-electron chi connectivity index (χ2n) is 7.66. The molecule has 1 amide bonds. The van der Waals surface area contributed by atoms with Crippen LogP contribution in [0.2, 0.25) is 0 Å². The highest BCUT2D eigenvalue weighted by atomic mass is 32.1. The molecular formula is C25H25N3O2S. The second kappa shape index (κ2) is 9.71. The molecule has 2 aromatic heterocycles. The maximum atomic E-state index is 12.9. The Morgan fingerprint density at radius 1 is 1.00 bits per heavy atom. The second-order valence-corrected chi connectivity index (χ2v) is 8.75. The minimum Gasteiger partial charge on any atom is -0.341 e. The topological polar surface area (TPSA) is 54.7 Å². The van der Waals surface area contributed by atoms with Crippen LogP contribution < -0.4 is 5.56 Å². The summed E-state index contributed by atoms with van der Waals surface area (Å²) in [6, 6.07) is 20.4. The van der Waals surface area contributed by atoms with Gasteiger partial charge in [-0.25, -0.2) is 4.98 Å². The largest absolute Gasteiger partial charge is 0.341 e. The van der Waals surface area contributed by atoms with Crippen LogP contribution in [-0.2, 0) is 12.8 Å². The number of thiazole rings is 1. The fourth-order valence-electron chi connectivity index (χ4n) is 3.59. The summed E-state index contributed by atoms with van der Waals surface area (Å²) >= 11 is 1.48. The molecule has 0 aliphatic carbocycles. The molecule has 5 nitrogen and oxygen atoms in total. The van der Waals surface area contributed by atoms with Crippen molar-refractivity contribution in [2.45, 2.75) is 25.7 Å². The SMILES string of the molecule is CN(CCCCc1ccccc1)C(=O)c1cnc2sc(Cc3ccccc3)cn2c1=O. The van der Waals surface area contributed by atoms with E-state index in [1.807, 2.05) is 36.4 Å². The number of aromatic nitrogens is 2. The number of fused-ring (bicyclic) bond motifs is 1. The van der Waals surface area contributed by atoms with Gasteiger partial charge in [0.1, 0.15) is 5.56 Å². The number of carbonyl (C=O) groups excluding carboxylic acids is 1.